The highest BCUT2D eigenvalue weighted by atomic mass is 35.5. The first-order valence-electron chi connectivity index (χ1n) is 6.59. The second-order valence-corrected chi connectivity index (χ2v) is 5.36. The quantitative estimate of drug-likeness (QED) is 0.912. The van der Waals surface area contributed by atoms with E-state index in [0.717, 1.165) is 0 Å². The molecule has 1 aromatic rings. The minimum absolute atomic E-state index is 0.0413. The van der Waals surface area contributed by atoms with Crippen molar-refractivity contribution in [3.63, 3.8) is 0 Å². The molecule has 1 aliphatic rings. The third-order valence-corrected chi connectivity index (χ3v) is 3.72. The van der Waals surface area contributed by atoms with Gasteiger partial charge in [-0.25, -0.2) is 9.18 Å². The van der Waals surface area contributed by atoms with Gasteiger partial charge in [-0.15, -0.1) is 0 Å². The topological polar surface area (TPSA) is 41.6 Å². The lowest BCUT2D eigenvalue weighted by Gasteiger charge is -2.34. The smallest absolute Gasteiger partial charge is 0.318 e. The molecule has 0 radical (unpaired) electrons. The van der Waals surface area contributed by atoms with E-state index in [1.807, 2.05) is 13.8 Å². The predicted molar refractivity (Wildman–Crippen MR) is 75.3 cm³/mol. The second-order valence-electron chi connectivity index (χ2n) is 4.95. The first-order chi connectivity index (χ1) is 9.49. The number of urea groups is 1. The van der Waals surface area contributed by atoms with Gasteiger partial charge in [-0.05, 0) is 31.5 Å². The zero-order valence-corrected chi connectivity index (χ0v) is 12.3. The largest absolute Gasteiger partial charge is 0.377 e. The number of carbonyl (C=O) groups is 1. The number of morpholine rings is 1. The van der Waals surface area contributed by atoms with Gasteiger partial charge in [-0.2, -0.15) is 0 Å². The number of rotatable bonds is 2. The third kappa shape index (κ3) is 3.41. The molecular formula is C14H18ClFN2O2. The fourth-order valence-electron chi connectivity index (χ4n) is 2.23. The average molecular weight is 301 g/mol. The molecule has 2 amide bonds. The molecule has 2 rings (SSSR count). The first kappa shape index (κ1) is 15.1. The van der Waals surface area contributed by atoms with E-state index in [1.54, 1.807) is 11.0 Å². The number of ether oxygens (including phenoxy) is 1. The monoisotopic (exact) mass is 300 g/mol. The van der Waals surface area contributed by atoms with Crippen molar-refractivity contribution < 1.29 is 13.9 Å². The van der Waals surface area contributed by atoms with Crippen molar-refractivity contribution in [1.82, 2.24) is 10.2 Å². The maximum absolute atomic E-state index is 13.0. The SMILES string of the molecule is C[C@@H](NC(=O)N1CCOC[C@@H]1C)c1ccc(F)cc1Cl. The van der Waals surface area contributed by atoms with E-state index in [1.165, 1.54) is 12.1 Å². The van der Waals surface area contributed by atoms with Gasteiger partial charge in [0, 0.05) is 11.6 Å². The highest BCUT2D eigenvalue weighted by molar-refractivity contribution is 6.31. The Bertz CT molecular complexity index is 498. The lowest BCUT2D eigenvalue weighted by molar-refractivity contribution is 0.0185. The van der Waals surface area contributed by atoms with Crippen LogP contribution in [0.25, 0.3) is 0 Å². The van der Waals surface area contributed by atoms with Crippen LogP contribution in [0.15, 0.2) is 18.2 Å². The molecular weight excluding hydrogens is 283 g/mol. The lowest BCUT2D eigenvalue weighted by atomic mass is 10.1. The molecule has 0 bridgehead atoms. The molecule has 0 spiro atoms. The Balaban J connectivity index is 2.03. The maximum atomic E-state index is 13.0. The van der Waals surface area contributed by atoms with Gasteiger partial charge < -0.3 is 15.0 Å². The molecule has 1 N–H and O–H groups in total. The summed E-state index contributed by atoms with van der Waals surface area (Å²) in [5.41, 5.74) is 0.697. The fraction of sp³-hybridized carbons (Fsp3) is 0.500. The van der Waals surface area contributed by atoms with Crippen molar-refractivity contribution in [2.75, 3.05) is 19.8 Å². The molecule has 1 saturated heterocycles. The van der Waals surface area contributed by atoms with Crippen molar-refractivity contribution >= 4 is 17.6 Å². The van der Waals surface area contributed by atoms with Crippen molar-refractivity contribution in [3.05, 3.63) is 34.6 Å². The van der Waals surface area contributed by atoms with Crippen molar-refractivity contribution in [2.45, 2.75) is 25.9 Å². The summed E-state index contributed by atoms with van der Waals surface area (Å²) in [7, 11) is 0. The van der Waals surface area contributed by atoms with Crippen LogP contribution in [0.5, 0.6) is 0 Å². The fourth-order valence-corrected chi connectivity index (χ4v) is 2.56. The van der Waals surface area contributed by atoms with E-state index in [0.29, 0.717) is 30.3 Å². The maximum Gasteiger partial charge on any atom is 0.318 e. The number of hydrogen-bond acceptors (Lipinski definition) is 2. The van der Waals surface area contributed by atoms with Gasteiger partial charge in [0.25, 0.3) is 0 Å². The molecule has 4 nitrogen and oxygen atoms in total. The molecule has 6 heteroatoms. The standard InChI is InChI=1S/C14H18ClFN2O2/c1-9-8-20-6-5-18(9)14(19)17-10(2)12-4-3-11(16)7-13(12)15/h3-4,7,9-10H,5-6,8H2,1-2H3,(H,17,19)/t9-,10+/m0/s1. The van der Waals surface area contributed by atoms with Gasteiger partial charge in [0.2, 0.25) is 0 Å². The first-order valence-corrected chi connectivity index (χ1v) is 6.96. The van der Waals surface area contributed by atoms with Crippen LogP contribution in [-0.2, 0) is 4.74 Å². The lowest BCUT2D eigenvalue weighted by Crippen LogP contribution is -2.51. The summed E-state index contributed by atoms with van der Waals surface area (Å²) in [4.78, 5) is 13.9. The predicted octanol–water partition coefficient (Wildman–Crippen LogP) is 2.97. The number of carbonyl (C=O) groups excluding carboxylic acids is 1. The van der Waals surface area contributed by atoms with E-state index < -0.39 is 0 Å². The van der Waals surface area contributed by atoms with Gasteiger partial charge in [-0.3, -0.25) is 0 Å². The molecule has 0 saturated carbocycles. The number of halogens is 2. The van der Waals surface area contributed by atoms with Crippen molar-refractivity contribution in [1.29, 1.82) is 0 Å². The van der Waals surface area contributed by atoms with E-state index in [2.05, 4.69) is 5.32 Å². The van der Waals surface area contributed by atoms with Crippen LogP contribution in [0, 0.1) is 5.82 Å². The van der Waals surface area contributed by atoms with Crippen LogP contribution in [0.3, 0.4) is 0 Å². The molecule has 1 fully saturated rings. The van der Waals surface area contributed by atoms with Crippen LogP contribution in [0.4, 0.5) is 9.18 Å². The Kier molecular flexibility index (Phi) is 4.83. The number of hydrogen-bond donors (Lipinski definition) is 1. The Labute approximate surface area is 122 Å². The Morgan fingerprint density at radius 1 is 1.60 bits per heavy atom. The van der Waals surface area contributed by atoms with Crippen molar-refractivity contribution in [2.24, 2.45) is 0 Å². The summed E-state index contributed by atoms with van der Waals surface area (Å²) in [5.74, 6) is -0.390. The van der Waals surface area contributed by atoms with Gasteiger partial charge >= 0.3 is 6.03 Å². The van der Waals surface area contributed by atoms with Crippen molar-refractivity contribution in [3.8, 4) is 0 Å². The summed E-state index contributed by atoms with van der Waals surface area (Å²) in [6.07, 6.45) is 0. The summed E-state index contributed by atoms with van der Waals surface area (Å²) in [5, 5.41) is 3.19. The normalized spacial score (nSPS) is 20.6. The highest BCUT2D eigenvalue weighted by Gasteiger charge is 2.25. The third-order valence-electron chi connectivity index (χ3n) is 3.40. The number of benzene rings is 1. The summed E-state index contributed by atoms with van der Waals surface area (Å²) >= 11 is 6.00. The molecule has 0 aliphatic carbocycles. The Morgan fingerprint density at radius 2 is 2.35 bits per heavy atom. The number of amides is 2. The van der Waals surface area contributed by atoms with Crippen LogP contribution in [0.1, 0.15) is 25.5 Å². The van der Waals surface area contributed by atoms with Crippen LogP contribution < -0.4 is 5.32 Å². The molecule has 2 atom stereocenters. The molecule has 1 aromatic carbocycles. The second kappa shape index (κ2) is 6.41. The minimum atomic E-state index is -0.390. The van der Waals surface area contributed by atoms with E-state index in [4.69, 9.17) is 16.3 Å². The molecule has 20 heavy (non-hydrogen) atoms. The van der Waals surface area contributed by atoms with E-state index in [-0.39, 0.29) is 23.9 Å². The zero-order valence-electron chi connectivity index (χ0n) is 11.5. The highest BCUT2D eigenvalue weighted by Crippen LogP contribution is 2.24. The van der Waals surface area contributed by atoms with Crippen LogP contribution in [0.2, 0.25) is 5.02 Å². The van der Waals surface area contributed by atoms with Gasteiger partial charge in [0.1, 0.15) is 5.82 Å². The molecule has 1 heterocycles. The Hall–Kier alpha value is -1.33. The number of nitrogens with one attached hydrogen (secondary N) is 1. The Morgan fingerprint density at radius 3 is 3.00 bits per heavy atom. The molecule has 110 valence electrons. The summed E-state index contributed by atoms with van der Waals surface area (Å²) in [6.45, 7) is 5.41. The number of nitrogens with zero attached hydrogens (tertiary/aromatic N) is 1. The molecule has 0 unspecified atom stereocenters. The van der Waals surface area contributed by atoms with Crippen LogP contribution in [-0.4, -0.2) is 36.7 Å². The summed E-state index contributed by atoms with van der Waals surface area (Å²) in [6, 6.07) is 3.77. The summed E-state index contributed by atoms with van der Waals surface area (Å²) < 4.78 is 18.3. The van der Waals surface area contributed by atoms with Gasteiger partial charge in [0.15, 0.2) is 0 Å². The zero-order chi connectivity index (χ0) is 14.7. The minimum Gasteiger partial charge on any atom is -0.377 e. The van der Waals surface area contributed by atoms with Gasteiger partial charge in [0.05, 0.1) is 25.3 Å². The molecule has 1 aliphatic heterocycles. The van der Waals surface area contributed by atoms with Crippen LogP contribution >= 0.6 is 11.6 Å². The van der Waals surface area contributed by atoms with Gasteiger partial charge in [-0.1, -0.05) is 17.7 Å². The molecule has 0 aromatic heterocycles. The average Bonchev–Trinajstić information content (AvgIpc) is 2.38. The van der Waals surface area contributed by atoms with E-state index >= 15 is 0 Å². The van der Waals surface area contributed by atoms with E-state index in [9.17, 15) is 9.18 Å².